The molecular formula is C17H10Br2ClNO3S. The number of imide groups is 1. The molecule has 8 heteroatoms. The number of phenols is 1. The SMILES string of the molecule is O=C1S/C(=C\c2cc(Br)cc(Br)c2O)C(=O)N1Cc1ccc(Cl)cc1. The Morgan fingerprint density at radius 2 is 1.84 bits per heavy atom. The fourth-order valence-electron chi connectivity index (χ4n) is 2.25. The minimum Gasteiger partial charge on any atom is -0.506 e. The van der Waals surface area contributed by atoms with E-state index in [0.717, 1.165) is 21.8 Å². The molecule has 0 atom stereocenters. The van der Waals surface area contributed by atoms with E-state index in [-0.39, 0.29) is 28.3 Å². The lowest BCUT2D eigenvalue weighted by molar-refractivity contribution is -0.123. The van der Waals surface area contributed by atoms with E-state index in [1.807, 2.05) is 0 Å². The zero-order valence-corrected chi connectivity index (χ0v) is 17.2. The number of nitrogens with zero attached hydrogens (tertiary/aromatic N) is 1. The number of amides is 2. The summed E-state index contributed by atoms with van der Waals surface area (Å²) in [5.41, 5.74) is 1.25. The first-order valence-corrected chi connectivity index (χ1v) is 9.81. The molecule has 2 aromatic carbocycles. The number of carbonyl (C=O) groups excluding carboxylic acids is 2. The van der Waals surface area contributed by atoms with Gasteiger partial charge in [0.2, 0.25) is 0 Å². The van der Waals surface area contributed by atoms with Gasteiger partial charge in [-0.1, -0.05) is 39.7 Å². The molecule has 0 saturated carbocycles. The Kier molecular flexibility index (Phi) is 5.58. The maximum atomic E-state index is 12.6. The molecule has 128 valence electrons. The highest BCUT2D eigenvalue weighted by molar-refractivity contribution is 9.11. The molecule has 1 N–H and O–H groups in total. The monoisotopic (exact) mass is 501 g/mol. The first kappa shape index (κ1) is 18.5. The van der Waals surface area contributed by atoms with Crippen molar-refractivity contribution in [2.24, 2.45) is 0 Å². The van der Waals surface area contributed by atoms with Gasteiger partial charge in [-0.15, -0.1) is 0 Å². The van der Waals surface area contributed by atoms with Crippen molar-refractivity contribution < 1.29 is 14.7 Å². The molecule has 1 fully saturated rings. The molecule has 0 radical (unpaired) electrons. The lowest BCUT2D eigenvalue weighted by Gasteiger charge is -2.12. The Hall–Kier alpha value is -1.28. The molecule has 3 rings (SSSR count). The lowest BCUT2D eigenvalue weighted by atomic mass is 10.2. The van der Waals surface area contributed by atoms with E-state index in [1.165, 1.54) is 11.0 Å². The zero-order valence-electron chi connectivity index (χ0n) is 12.5. The van der Waals surface area contributed by atoms with Crippen molar-refractivity contribution in [1.29, 1.82) is 0 Å². The van der Waals surface area contributed by atoms with Gasteiger partial charge in [0.25, 0.3) is 11.1 Å². The van der Waals surface area contributed by atoms with E-state index >= 15 is 0 Å². The standard InChI is InChI=1S/C17H10Br2ClNO3S/c18-11-5-10(15(22)13(19)7-11)6-14-16(23)21(17(24)25-14)8-9-1-3-12(20)4-2-9/h1-7,22H,8H2/b14-6-. The Bertz CT molecular complexity index is 900. The van der Waals surface area contributed by atoms with Crippen LogP contribution in [-0.4, -0.2) is 21.2 Å². The lowest BCUT2D eigenvalue weighted by Crippen LogP contribution is -2.27. The van der Waals surface area contributed by atoms with Gasteiger partial charge in [-0.3, -0.25) is 14.5 Å². The van der Waals surface area contributed by atoms with Crippen LogP contribution in [-0.2, 0) is 11.3 Å². The van der Waals surface area contributed by atoms with E-state index in [4.69, 9.17) is 11.6 Å². The normalized spacial score (nSPS) is 16.1. The van der Waals surface area contributed by atoms with E-state index < -0.39 is 0 Å². The fraction of sp³-hybridized carbons (Fsp3) is 0.0588. The van der Waals surface area contributed by atoms with Crippen molar-refractivity contribution in [2.45, 2.75) is 6.54 Å². The van der Waals surface area contributed by atoms with Gasteiger partial charge in [0, 0.05) is 15.1 Å². The molecule has 0 aliphatic carbocycles. The summed E-state index contributed by atoms with van der Waals surface area (Å²) in [6, 6.07) is 10.3. The van der Waals surface area contributed by atoms with Crippen molar-refractivity contribution in [3.63, 3.8) is 0 Å². The predicted molar refractivity (Wildman–Crippen MR) is 106 cm³/mol. The Balaban J connectivity index is 1.87. The van der Waals surface area contributed by atoms with Crippen LogP contribution < -0.4 is 0 Å². The molecule has 4 nitrogen and oxygen atoms in total. The van der Waals surface area contributed by atoms with Crippen molar-refractivity contribution in [2.75, 3.05) is 0 Å². The highest BCUT2D eigenvalue weighted by atomic mass is 79.9. The summed E-state index contributed by atoms with van der Waals surface area (Å²) in [5, 5.41) is 10.4. The first-order chi connectivity index (χ1) is 11.8. The van der Waals surface area contributed by atoms with Crippen molar-refractivity contribution in [3.8, 4) is 5.75 Å². The molecule has 0 spiro atoms. The van der Waals surface area contributed by atoms with Gasteiger partial charge < -0.3 is 5.11 Å². The summed E-state index contributed by atoms with van der Waals surface area (Å²) in [6.45, 7) is 0.174. The maximum Gasteiger partial charge on any atom is 0.293 e. The third-order valence-electron chi connectivity index (χ3n) is 3.47. The zero-order chi connectivity index (χ0) is 18.1. The van der Waals surface area contributed by atoms with Crippen LogP contribution in [0.5, 0.6) is 5.75 Å². The average molecular weight is 504 g/mol. The van der Waals surface area contributed by atoms with Crippen LogP contribution in [0.4, 0.5) is 4.79 Å². The minimum absolute atomic E-state index is 0.00713. The summed E-state index contributed by atoms with van der Waals surface area (Å²) >= 11 is 13.3. The number of phenolic OH excluding ortho intramolecular Hbond substituents is 1. The highest BCUT2D eigenvalue weighted by Gasteiger charge is 2.35. The molecule has 1 heterocycles. The van der Waals surface area contributed by atoms with Crippen LogP contribution in [0.15, 0.2) is 50.2 Å². The van der Waals surface area contributed by atoms with Crippen LogP contribution in [0, 0.1) is 0 Å². The van der Waals surface area contributed by atoms with Crippen LogP contribution >= 0.6 is 55.2 Å². The Labute approximate surface area is 170 Å². The van der Waals surface area contributed by atoms with Gasteiger partial charge in [-0.2, -0.15) is 0 Å². The van der Waals surface area contributed by atoms with Gasteiger partial charge >= 0.3 is 0 Å². The fourth-order valence-corrected chi connectivity index (χ4v) is 4.46. The predicted octanol–water partition coefficient (Wildman–Crippen LogP) is 5.81. The largest absolute Gasteiger partial charge is 0.506 e. The molecule has 2 amide bonds. The number of carbonyl (C=O) groups is 2. The number of benzene rings is 2. The quantitative estimate of drug-likeness (QED) is 0.538. The third-order valence-corrected chi connectivity index (χ3v) is 5.69. The molecule has 1 aliphatic rings. The topological polar surface area (TPSA) is 57.6 Å². The smallest absolute Gasteiger partial charge is 0.293 e. The molecule has 1 saturated heterocycles. The molecule has 2 aromatic rings. The van der Waals surface area contributed by atoms with E-state index in [2.05, 4.69) is 31.9 Å². The van der Waals surface area contributed by atoms with Crippen LogP contribution in [0.25, 0.3) is 6.08 Å². The van der Waals surface area contributed by atoms with Gasteiger partial charge in [-0.25, -0.2) is 0 Å². The van der Waals surface area contributed by atoms with Gasteiger partial charge in [-0.05, 0) is 63.6 Å². The van der Waals surface area contributed by atoms with Crippen molar-refractivity contribution in [1.82, 2.24) is 4.90 Å². The summed E-state index contributed by atoms with van der Waals surface area (Å²) < 4.78 is 1.23. The van der Waals surface area contributed by atoms with Crippen molar-refractivity contribution in [3.05, 3.63) is 66.4 Å². The third kappa shape index (κ3) is 4.11. The first-order valence-electron chi connectivity index (χ1n) is 7.03. The number of hydrogen-bond acceptors (Lipinski definition) is 4. The van der Waals surface area contributed by atoms with Crippen LogP contribution in [0.2, 0.25) is 5.02 Å². The number of hydrogen-bond donors (Lipinski definition) is 1. The maximum absolute atomic E-state index is 12.6. The Morgan fingerprint density at radius 3 is 2.52 bits per heavy atom. The summed E-state index contributed by atoms with van der Waals surface area (Å²) in [7, 11) is 0. The highest BCUT2D eigenvalue weighted by Crippen LogP contribution is 2.38. The number of thioether (sulfide) groups is 1. The molecule has 0 aromatic heterocycles. The molecule has 25 heavy (non-hydrogen) atoms. The van der Waals surface area contributed by atoms with E-state index in [0.29, 0.717) is 15.1 Å². The number of rotatable bonds is 3. The average Bonchev–Trinajstić information content (AvgIpc) is 2.81. The second kappa shape index (κ2) is 7.53. The molecule has 0 bridgehead atoms. The van der Waals surface area contributed by atoms with Crippen molar-refractivity contribution >= 4 is 72.4 Å². The molecule has 1 aliphatic heterocycles. The summed E-state index contributed by atoms with van der Waals surface area (Å²) in [6.07, 6.45) is 1.51. The summed E-state index contributed by atoms with van der Waals surface area (Å²) in [4.78, 5) is 26.2. The van der Waals surface area contributed by atoms with Crippen LogP contribution in [0.3, 0.4) is 0 Å². The van der Waals surface area contributed by atoms with Crippen LogP contribution in [0.1, 0.15) is 11.1 Å². The van der Waals surface area contributed by atoms with Gasteiger partial charge in [0.1, 0.15) is 5.75 Å². The van der Waals surface area contributed by atoms with Gasteiger partial charge in [0.05, 0.1) is 15.9 Å². The molecular weight excluding hydrogens is 494 g/mol. The molecule has 0 unspecified atom stereocenters. The van der Waals surface area contributed by atoms with Gasteiger partial charge in [0.15, 0.2) is 0 Å². The minimum atomic E-state index is -0.388. The number of halogens is 3. The van der Waals surface area contributed by atoms with E-state index in [1.54, 1.807) is 36.4 Å². The van der Waals surface area contributed by atoms with E-state index in [9.17, 15) is 14.7 Å². The number of aromatic hydroxyl groups is 1. The summed E-state index contributed by atoms with van der Waals surface area (Å²) in [5.74, 6) is -0.381. The Morgan fingerprint density at radius 1 is 1.16 bits per heavy atom. The second-order valence-electron chi connectivity index (χ2n) is 5.22. The second-order valence-corrected chi connectivity index (χ2v) is 8.42.